The van der Waals surface area contributed by atoms with E-state index in [1.807, 2.05) is 0 Å². The Bertz CT molecular complexity index is 1140. The van der Waals surface area contributed by atoms with E-state index >= 15 is 0 Å². The van der Waals surface area contributed by atoms with E-state index < -0.39 is 25.8 Å². The summed E-state index contributed by atoms with van der Waals surface area (Å²) in [7, 11) is -1.78. The van der Waals surface area contributed by atoms with Crippen LogP contribution in [0, 0.1) is 0 Å². The lowest BCUT2D eigenvalue weighted by Crippen LogP contribution is -2.53. The van der Waals surface area contributed by atoms with Crippen LogP contribution < -0.4 is 23.8 Å². The molecule has 0 saturated carbocycles. The van der Waals surface area contributed by atoms with E-state index in [-0.39, 0.29) is 18.8 Å². The molecule has 0 amide bonds. The maximum atomic E-state index is 13.1. The molecule has 1 aliphatic heterocycles. The van der Waals surface area contributed by atoms with Crippen LogP contribution in [0.25, 0.3) is 0 Å². The van der Waals surface area contributed by atoms with Crippen molar-refractivity contribution < 1.29 is 35.8 Å². The zero-order valence-corrected chi connectivity index (χ0v) is 18.8. The quantitative estimate of drug-likeness (QED) is 0.567. The highest BCUT2D eigenvalue weighted by Crippen LogP contribution is 2.41. The largest absolute Gasteiger partial charge is 0.493 e. The summed E-state index contributed by atoms with van der Waals surface area (Å²) in [5.74, 6) is -0.530. The molecule has 0 radical (unpaired) electrons. The van der Waals surface area contributed by atoms with Gasteiger partial charge in [0.25, 0.3) is 0 Å². The van der Waals surface area contributed by atoms with Gasteiger partial charge in [0.1, 0.15) is 18.5 Å². The third kappa shape index (κ3) is 5.15. The predicted molar refractivity (Wildman–Crippen MR) is 119 cm³/mol. The lowest BCUT2D eigenvalue weighted by Gasteiger charge is -2.34. The summed E-state index contributed by atoms with van der Waals surface area (Å²) in [6, 6.07) is 10.8. The lowest BCUT2D eigenvalue weighted by molar-refractivity contribution is -0.106. The molecule has 1 heterocycles. The minimum absolute atomic E-state index is 0.127. The number of hydrogen-bond acceptors (Lipinski definition) is 6. The van der Waals surface area contributed by atoms with Crippen LogP contribution in [-0.2, 0) is 10.0 Å². The smallest absolute Gasteiger partial charge is 0.408 e. The third-order valence-electron chi connectivity index (χ3n) is 5.11. The van der Waals surface area contributed by atoms with Crippen LogP contribution in [0.4, 0.5) is 18.9 Å². The molecule has 2 N–H and O–H groups in total. The number of nitrogens with two attached hydrogens (primary N) is 1. The van der Waals surface area contributed by atoms with E-state index in [1.165, 1.54) is 56.8 Å². The van der Waals surface area contributed by atoms with Gasteiger partial charge in [-0.1, -0.05) is 6.07 Å². The van der Waals surface area contributed by atoms with Crippen molar-refractivity contribution in [3.63, 3.8) is 0 Å². The molecule has 0 fully saturated rings. The van der Waals surface area contributed by atoms with Gasteiger partial charge in [0.2, 0.25) is 5.75 Å². The predicted octanol–water partition coefficient (Wildman–Crippen LogP) is 4.11. The van der Waals surface area contributed by atoms with Crippen molar-refractivity contribution in [1.29, 1.82) is 0 Å². The van der Waals surface area contributed by atoms with Crippen molar-refractivity contribution in [1.82, 2.24) is 3.89 Å². The summed E-state index contributed by atoms with van der Waals surface area (Å²) in [6.07, 6.45) is -0.707. The van der Waals surface area contributed by atoms with E-state index in [0.29, 0.717) is 28.6 Å². The number of alkyl halides is 3. The van der Waals surface area contributed by atoms with Crippen LogP contribution in [0.15, 0.2) is 66.4 Å². The molecule has 0 aliphatic carbocycles. The molecule has 178 valence electrons. The first-order valence-corrected chi connectivity index (χ1v) is 11.4. The van der Waals surface area contributed by atoms with E-state index in [2.05, 4.69) is 0 Å². The Morgan fingerprint density at radius 2 is 1.64 bits per heavy atom. The molecule has 0 spiro atoms. The van der Waals surface area contributed by atoms with Crippen LogP contribution >= 0.6 is 0 Å². The van der Waals surface area contributed by atoms with E-state index in [1.54, 1.807) is 18.2 Å². The fraction of sp³-hybridized carbons (Fsp3) is 0.273. The highest BCUT2D eigenvalue weighted by atomic mass is 32.2. The van der Waals surface area contributed by atoms with Crippen LogP contribution in [-0.4, -0.2) is 47.7 Å². The molecule has 7 nitrogen and oxygen atoms in total. The van der Waals surface area contributed by atoms with Crippen molar-refractivity contribution in [3.05, 3.63) is 66.4 Å². The summed E-state index contributed by atoms with van der Waals surface area (Å²) in [4.78, 5) is 0. The standard InChI is InChI=1S/C22H24F3N2O5S/c1-30-19-4-3-5-20(31-2)21(19)32-18-8-6-17(7-9-18)27(12-10-16(14-26)11-13-27)33(28,29)15-22(23,24)25/h3-12H,13-15,26H2,1-2H3/q+1. The third-order valence-corrected chi connectivity index (χ3v) is 7.28. The molecule has 2 aromatic carbocycles. The fourth-order valence-corrected chi connectivity index (χ4v) is 5.07. The molecule has 0 aromatic heterocycles. The van der Waals surface area contributed by atoms with Gasteiger partial charge in [0.05, 0.1) is 14.2 Å². The number of sulfonamides is 1. The molecule has 0 saturated heterocycles. The number of hydrogen-bond donors (Lipinski definition) is 1. The monoisotopic (exact) mass is 485 g/mol. The second-order valence-electron chi connectivity index (χ2n) is 7.21. The maximum Gasteiger partial charge on any atom is 0.408 e. The van der Waals surface area contributed by atoms with Crippen molar-refractivity contribution in [2.24, 2.45) is 5.73 Å². The van der Waals surface area contributed by atoms with Crippen molar-refractivity contribution in [2.45, 2.75) is 6.18 Å². The van der Waals surface area contributed by atoms with Gasteiger partial charge in [-0.05, 0) is 42.0 Å². The zero-order chi connectivity index (χ0) is 24.3. The highest BCUT2D eigenvalue weighted by Gasteiger charge is 2.49. The fourth-order valence-electron chi connectivity index (χ4n) is 3.43. The minimum Gasteiger partial charge on any atom is -0.493 e. The highest BCUT2D eigenvalue weighted by molar-refractivity contribution is 7.91. The molecule has 11 heteroatoms. The van der Waals surface area contributed by atoms with Crippen molar-refractivity contribution in [3.8, 4) is 23.0 Å². The summed E-state index contributed by atoms with van der Waals surface area (Å²) < 4.78 is 80.6. The average molecular weight is 486 g/mol. The van der Waals surface area contributed by atoms with Crippen LogP contribution in [0.5, 0.6) is 23.0 Å². The molecular formula is C22H24F3N2O5S+. The van der Waals surface area contributed by atoms with Gasteiger partial charge in [-0.15, -0.1) is 0 Å². The Morgan fingerprint density at radius 1 is 1.03 bits per heavy atom. The Morgan fingerprint density at radius 3 is 2.09 bits per heavy atom. The second kappa shape index (κ2) is 9.46. The molecule has 3 rings (SSSR count). The topological polar surface area (TPSA) is 87.9 Å². The maximum absolute atomic E-state index is 13.1. The number of benzene rings is 2. The van der Waals surface area contributed by atoms with Gasteiger partial charge in [-0.25, -0.2) is 0 Å². The molecule has 0 bridgehead atoms. The van der Waals surface area contributed by atoms with Gasteiger partial charge >= 0.3 is 16.2 Å². The van der Waals surface area contributed by atoms with Gasteiger partial charge in [0.15, 0.2) is 22.9 Å². The van der Waals surface area contributed by atoms with Gasteiger partial charge in [-0.2, -0.15) is 25.5 Å². The van der Waals surface area contributed by atoms with E-state index in [0.717, 1.165) is 0 Å². The Hall–Kier alpha value is -3.02. The first-order chi connectivity index (χ1) is 15.5. The molecule has 33 heavy (non-hydrogen) atoms. The van der Waals surface area contributed by atoms with Gasteiger partial charge in [-0.3, -0.25) is 0 Å². The Balaban J connectivity index is 2.00. The molecule has 1 atom stereocenters. The molecule has 1 unspecified atom stereocenters. The van der Waals surface area contributed by atoms with Crippen LogP contribution in [0.3, 0.4) is 0 Å². The normalized spacial score (nSPS) is 18.5. The summed E-state index contributed by atoms with van der Waals surface area (Å²) >= 11 is 0. The van der Waals surface area contributed by atoms with E-state index in [9.17, 15) is 21.6 Å². The van der Waals surface area contributed by atoms with Gasteiger partial charge < -0.3 is 19.9 Å². The van der Waals surface area contributed by atoms with E-state index in [4.69, 9.17) is 19.9 Å². The molecule has 1 aliphatic rings. The summed E-state index contributed by atoms with van der Waals surface area (Å²) in [5.41, 5.74) is 6.35. The number of rotatable bonds is 8. The zero-order valence-electron chi connectivity index (χ0n) is 18.0. The Labute approximate surface area is 190 Å². The average Bonchev–Trinajstić information content (AvgIpc) is 2.78. The number of quaternary nitrogens is 1. The number of para-hydroxylation sites is 1. The number of nitrogens with zero attached hydrogens (tertiary/aromatic N) is 1. The molecular weight excluding hydrogens is 461 g/mol. The second-order valence-corrected chi connectivity index (χ2v) is 9.31. The molecule has 2 aromatic rings. The van der Waals surface area contributed by atoms with Crippen LogP contribution in [0.2, 0.25) is 0 Å². The minimum atomic E-state index is -4.89. The number of methoxy groups -OCH3 is 2. The lowest BCUT2D eigenvalue weighted by atomic mass is 10.1. The Kier molecular flexibility index (Phi) is 7.06. The van der Waals surface area contributed by atoms with Crippen LogP contribution in [0.1, 0.15) is 0 Å². The summed E-state index contributed by atoms with van der Waals surface area (Å²) in [6.45, 7) is -0.0781. The van der Waals surface area contributed by atoms with Crippen molar-refractivity contribution in [2.75, 3.05) is 33.1 Å². The number of ether oxygens (including phenoxy) is 3. The summed E-state index contributed by atoms with van der Waals surface area (Å²) in [5, 5.41) is 0. The SMILES string of the molecule is COc1cccc(OC)c1Oc1ccc([N+]2(S(=O)(=O)CC(F)(F)F)C=CC(CN)=CC2)cc1. The van der Waals surface area contributed by atoms with Crippen molar-refractivity contribution >= 4 is 15.7 Å². The first-order valence-electron chi connectivity index (χ1n) is 9.80. The van der Waals surface area contributed by atoms with Gasteiger partial charge in [0, 0.05) is 18.7 Å². The number of halogens is 3. The first kappa shape index (κ1) is 24.6.